The molecule has 22 heavy (non-hydrogen) atoms. The summed E-state index contributed by atoms with van der Waals surface area (Å²) >= 11 is 0. The maximum atomic E-state index is 11.9. The first-order valence-electron chi connectivity index (χ1n) is 7.85. The molecule has 0 amide bonds. The minimum atomic E-state index is -0.439. The third-order valence-electron chi connectivity index (χ3n) is 4.75. The molecule has 4 heteroatoms. The van der Waals surface area contributed by atoms with Crippen LogP contribution in [0.2, 0.25) is 0 Å². The summed E-state index contributed by atoms with van der Waals surface area (Å²) in [4.78, 5) is 11.9. The van der Waals surface area contributed by atoms with Crippen LogP contribution in [0.1, 0.15) is 71.3 Å². The fourth-order valence-corrected chi connectivity index (χ4v) is 2.40. The Balaban J connectivity index is 2.48. The maximum absolute atomic E-state index is 11.9. The molecule has 1 aliphatic heterocycles. The quantitative estimate of drug-likeness (QED) is 0.620. The molecule has 0 N–H and O–H groups in total. The summed E-state index contributed by atoms with van der Waals surface area (Å²) in [6.07, 6.45) is 0. The third kappa shape index (κ3) is 3.13. The molecule has 2 rings (SSSR count). The van der Waals surface area contributed by atoms with Gasteiger partial charge >= 0.3 is 7.12 Å². The van der Waals surface area contributed by atoms with Gasteiger partial charge in [0.05, 0.1) is 11.2 Å². The number of carbonyl (C=O) groups is 1. The van der Waals surface area contributed by atoms with E-state index in [2.05, 4.69) is 26.8 Å². The van der Waals surface area contributed by atoms with E-state index in [4.69, 9.17) is 9.31 Å². The molecule has 1 aromatic rings. The molecule has 0 atom stereocenters. The van der Waals surface area contributed by atoms with E-state index in [-0.39, 0.29) is 22.4 Å². The first-order valence-corrected chi connectivity index (χ1v) is 7.85. The zero-order valence-electron chi connectivity index (χ0n) is 15.0. The van der Waals surface area contributed by atoms with E-state index < -0.39 is 7.12 Å². The monoisotopic (exact) mass is 302 g/mol. The van der Waals surface area contributed by atoms with Gasteiger partial charge in [0.25, 0.3) is 0 Å². The Kier molecular flexibility index (Phi) is 4.08. The maximum Gasteiger partial charge on any atom is 0.494 e. The average Bonchev–Trinajstić information content (AvgIpc) is 2.57. The van der Waals surface area contributed by atoms with E-state index >= 15 is 0 Å². The standard InChI is InChI=1S/C18H27BO3/c1-12(20)13-9-14(16(2,3)4)11-15(10-13)19-21-17(5,6)18(7,8)22-19/h9-11H,1-8H3. The topological polar surface area (TPSA) is 35.5 Å². The zero-order valence-corrected chi connectivity index (χ0v) is 15.0. The summed E-state index contributed by atoms with van der Waals surface area (Å²) in [5.41, 5.74) is 1.93. The summed E-state index contributed by atoms with van der Waals surface area (Å²) in [6.45, 7) is 16.1. The van der Waals surface area contributed by atoms with Gasteiger partial charge in [-0.2, -0.15) is 0 Å². The Morgan fingerprint density at radius 1 is 1.00 bits per heavy atom. The largest absolute Gasteiger partial charge is 0.494 e. The van der Waals surface area contributed by atoms with Crippen molar-refractivity contribution in [2.24, 2.45) is 0 Å². The second-order valence-corrected chi connectivity index (χ2v) is 8.24. The van der Waals surface area contributed by atoms with Crippen LogP contribution in [0.15, 0.2) is 18.2 Å². The van der Waals surface area contributed by atoms with E-state index in [0.717, 1.165) is 11.0 Å². The van der Waals surface area contributed by atoms with Gasteiger partial charge < -0.3 is 9.31 Å². The number of ketones is 1. The molecule has 0 aromatic heterocycles. The number of rotatable bonds is 2. The first kappa shape index (κ1) is 17.2. The van der Waals surface area contributed by atoms with Gasteiger partial charge in [0, 0.05) is 5.56 Å². The lowest BCUT2D eigenvalue weighted by atomic mass is 9.74. The van der Waals surface area contributed by atoms with Crippen molar-refractivity contribution < 1.29 is 14.1 Å². The number of Topliss-reactive ketones (excluding diaryl/α,β-unsaturated/α-hetero) is 1. The van der Waals surface area contributed by atoms with E-state index in [1.54, 1.807) is 6.92 Å². The van der Waals surface area contributed by atoms with Crippen molar-refractivity contribution in [1.29, 1.82) is 0 Å². The molecule has 0 unspecified atom stereocenters. The van der Waals surface area contributed by atoms with Crippen LogP contribution in [0, 0.1) is 0 Å². The van der Waals surface area contributed by atoms with Crippen LogP contribution in [0.3, 0.4) is 0 Å². The van der Waals surface area contributed by atoms with Crippen LogP contribution in [0.5, 0.6) is 0 Å². The Morgan fingerprint density at radius 2 is 1.50 bits per heavy atom. The summed E-state index contributed by atoms with van der Waals surface area (Å²) in [7, 11) is -0.439. The summed E-state index contributed by atoms with van der Waals surface area (Å²) in [6, 6.07) is 5.95. The predicted molar refractivity (Wildman–Crippen MR) is 90.9 cm³/mol. The third-order valence-corrected chi connectivity index (χ3v) is 4.75. The Bertz CT molecular complexity index is 581. The van der Waals surface area contributed by atoms with Crippen molar-refractivity contribution >= 4 is 18.4 Å². The van der Waals surface area contributed by atoms with Crippen molar-refractivity contribution in [2.75, 3.05) is 0 Å². The Morgan fingerprint density at radius 3 is 1.91 bits per heavy atom. The van der Waals surface area contributed by atoms with E-state index in [1.165, 1.54) is 0 Å². The molecule has 0 aliphatic carbocycles. The number of hydrogen-bond acceptors (Lipinski definition) is 3. The summed E-state index contributed by atoms with van der Waals surface area (Å²) in [5.74, 6) is 0.0591. The van der Waals surface area contributed by atoms with Crippen molar-refractivity contribution in [1.82, 2.24) is 0 Å². The lowest BCUT2D eigenvalue weighted by Crippen LogP contribution is -2.41. The van der Waals surface area contributed by atoms with Crippen molar-refractivity contribution in [2.45, 2.75) is 72.0 Å². The van der Waals surface area contributed by atoms with Crippen molar-refractivity contribution in [3.8, 4) is 0 Å². The Hall–Kier alpha value is -1.13. The highest BCUT2D eigenvalue weighted by Gasteiger charge is 2.51. The molecule has 1 fully saturated rings. The number of benzene rings is 1. The normalized spacial score (nSPS) is 20.3. The molecule has 3 nitrogen and oxygen atoms in total. The van der Waals surface area contributed by atoms with Crippen molar-refractivity contribution in [3.05, 3.63) is 29.3 Å². The van der Waals surface area contributed by atoms with Crippen LogP contribution in [0.25, 0.3) is 0 Å². The second-order valence-electron chi connectivity index (χ2n) is 8.24. The van der Waals surface area contributed by atoms with Gasteiger partial charge in [-0.15, -0.1) is 0 Å². The van der Waals surface area contributed by atoms with Crippen LogP contribution < -0.4 is 5.46 Å². The van der Waals surface area contributed by atoms with E-state index in [1.807, 2.05) is 39.8 Å². The van der Waals surface area contributed by atoms with Gasteiger partial charge in [0.1, 0.15) is 0 Å². The molecule has 1 heterocycles. The lowest BCUT2D eigenvalue weighted by Gasteiger charge is -2.32. The molecule has 0 bridgehead atoms. The number of hydrogen-bond donors (Lipinski definition) is 0. The molecule has 1 saturated heterocycles. The second kappa shape index (κ2) is 5.21. The highest BCUT2D eigenvalue weighted by atomic mass is 16.7. The van der Waals surface area contributed by atoms with Gasteiger partial charge in [0.15, 0.2) is 5.78 Å². The van der Waals surface area contributed by atoms with Gasteiger partial charge in [0.2, 0.25) is 0 Å². The van der Waals surface area contributed by atoms with Gasteiger partial charge in [-0.25, -0.2) is 0 Å². The van der Waals surface area contributed by atoms with Crippen molar-refractivity contribution in [3.63, 3.8) is 0 Å². The minimum absolute atomic E-state index is 0.0378. The first-order chi connectivity index (χ1) is 9.83. The van der Waals surface area contributed by atoms with Crippen LogP contribution >= 0.6 is 0 Å². The molecule has 0 spiro atoms. The molecule has 0 radical (unpaired) electrons. The van der Waals surface area contributed by atoms with E-state index in [0.29, 0.717) is 5.56 Å². The van der Waals surface area contributed by atoms with Crippen LogP contribution in [-0.4, -0.2) is 24.1 Å². The lowest BCUT2D eigenvalue weighted by molar-refractivity contribution is 0.00578. The summed E-state index contributed by atoms with van der Waals surface area (Å²) in [5, 5.41) is 0. The van der Waals surface area contributed by atoms with Gasteiger partial charge in [-0.05, 0) is 57.1 Å². The highest BCUT2D eigenvalue weighted by molar-refractivity contribution is 6.62. The fraction of sp³-hybridized carbons (Fsp3) is 0.611. The van der Waals surface area contributed by atoms with Gasteiger partial charge in [-0.3, -0.25) is 4.79 Å². The fourth-order valence-electron chi connectivity index (χ4n) is 2.40. The zero-order chi connectivity index (χ0) is 16.9. The minimum Gasteiger partial charge on any atom is -0.399 e. The smallest absolute Gasteiger partial charge is 0.399 e. The molecule has 1 aliphatic rings. The molecule has 1 aromatic carbocycles. The molecular weight excluding hydrogens is 275 g/mol. The van der Waals surface area contributed by atoms with Crippen LogP contribution in [0.4, 0.5) is 0 Å². The van der Waals surface area contributed by atoms with Gasteiger partial charge in [-0.1, -0.05) is 32.9 Å². The summed E-state index contributed by atoms with van der Waals surface area (Å²) < 4.78 is 12.2. The molecular formula is C18H27BO3. The highest BCUT2D eigenvalue weighted by Crippen LogP contribution is 2.36. The molecule has 120 valence electrons. The van der Waals surface area contributed by atoms with Crippen LogP contribution in [-0.2, 0) is 14.7 Å². The average molecular weight is 302 g/mol. The number of carbonyl (C=O) groups excluding carboxylic acids is 1. The SMILES string of the molecule is CC(=O)c1cc(B2OC(C)(C)C(C)(C)O2)cc(C(C)(C)C)c1. The Labute approximate surface area is 134 Å². The van der Waals surface area contributed by atoms with E-state index in [9.17, 15) is 4.79 Å². The predicted octanol–water partition coefficient (Wildman–Crippen LogP) is 3.49. The molecule has 0 saturated carbocycles.